The second kappa shape index (κ2) is 10.4. The Balaban J connectivity index is 2.43. The van der Waals surface area contributed by atoms with Crippen LogP contribution in [0.1, 0.15) is 38.7 Å². The predicted molar refractivity (Wildman–Crippen MR) is 94.5 cm³/mol. The Labute approximate surface area is 138 Å². The van der Waals surface area contributed by atoms with E-state index in [0.29, 0.717) is 6.54 Å². The minimum absolute atomic E-state index is 0.320. The van der Waals surface area contributed by atoms with Crippen molar-refractivity contribution in [3.05, 3.63) is 42.5 Å². The molecule has 0 heterocycles. The van der Waals surface area contributed by atoms with E-state index < -0.39 is 12.1 Å². The Morgan fingerprint density at radius 1 is 1.22 bits per heavy atom. The monoisotopic (exact) mass is 317 g/mol. The first-order valence-electron chi connectivity index (χ1n) is 8.12. The number of rotatable bonds is 9. The van der Waals surface area contributed by atoms with Crippen LogP contribution in [-0.2, 0) is 11.2 Å². The lowest BCUT2D eigenvalue weighted by Gasteiger charge is -2.15. The number of hydrogen-bond acceptors (Lipinski definition) is 3. The zero-order valence-corrected chi connectivity index (χ0v) is 14.0. The van der Waals surface area contributed by atoms with Crippen LogP contribution in [0.15, 0.2) is 36.9 Å². The number of hydrogen-bond donors (Lipinski definition) is 3. The number of anilines is 1. The van der Waals surface area contributed by atoms with E-state index >= 15 is 0 Å². The number of urea groups is 1. The summed E-state index contributed by atoms with van der Waals surface area (Å²) in [6.45, 7) is 7.72. The molecule has 0 radical (unpaired) electrons. The Bertz CT molecular complexity index is 512. The summed E-state index contributed by atoms with van der Waals surface area (Å²) in [5.41, 5.74) is 2.16. The van der Waals surface area contributed by atoms with Gasteiger partial charge in [-0.05, 0) is 37.5 Å². The van der Waals surface area contributed by atoms with Crippen LogP contribution >= 0.6 is 0 Å². The lowest BCUT2D eigenvalue weighted by Crippen LogP contribution is -2.45. The molecular weight excluding hydrogens is 290 g/mol. The van der Waals surface area contributed by atoms with E-state index in [1.165, 1.54) is 24.8 Å². The molecule has 3 amide bonds. The first kappa shape index (κ1) is 18.7. The molecule has 0 aliphatic rings. The van der Waals surface area contributed by atoms with Gasteiger partial charge >= 0.3 is 6.03 Å². The molecule has 126 valence electrons. The minimum Gasteiger partial charge on any atom is -0.374 e. The molecule has 1 aromatic carbocycles. The molecule has 5 nitrogen and oxygen atoms in total. The van der Waals surface area contributed by atoms with Gasteiger partial charge in [0, 0.05) is 12.2 Å². The largest absolute Gasteiger partial charge is 0.374 e. The van der Waals surface area contributed by atoms with Crippen molar-refractivity contribution in [2.24, 2.45) is 0 Å². The van der Waals surface area contributed by atoms with Gasteiger partial charge in [-0.25, -0.2) is 4.79 Å². The summed E-state index contributed by atoms with van der Waals surface area (Å²) < 4.78 is 0. The van der Waals surface area contributed by atoms with Gasteiger partial charge in [0.25, 0.3) is 0 Å². The summed E-state index contributed by atoms with van der Waals surface area (Å²) in [4.78, 5) is 23.3. The molecule has 0 fully saturated rings. The number of imide groups is 1. The fraction of sp³-hybridized carbons (Fsp3) is 0.444. The van der Waals surface area contributed by atoms with Gasteiger partial charge in [0.1, 0.15) is 6.04 Å². The molecule has 1 rings (SSSR count). The highest BCUT2D eigenvalue weighted by molar-refractivity contribution is 5.98. The van der Waals surface area contributed by atoms with Gasteiger partial charge < -0.3 is 10.6 Å². The van der Waals surface area contributed by atoms with Crippen molar-refractivity contribution in [2.75, 3.05) is 11.9 Å². The van der Waals surface area contributed by atoms with Gasteiger partial charge in [-0.2, -0.15) is 0 Å². The molecule has 1 unspecified atom stereocenters. The predicted octanol–water partition coefficient (Wildman–Crippen LogP) is 3.23. The van der Waals surface area contributed by atoms with Crippen molar-refractivity contribution in [1.29, 1.82) is 0 Å². The highest BCUT2D eigenvalue weighted by atomic mass is 16.2. The molecule has 0 saturated carbocycles. The lowest BCUT2D eigenvalue weighted by molar-refractivity contribution is -0.120. The fourth-order valence-electron chi connectivity index (χ4n) is 2.09. The molecule has 5 heteroatoms. The number of benzene rings is 1. The van der Waals surface area contributed by atoms with Gasteiger partial charge in [0.05, 0.1) is 0 Å². The van der Waals surface area contributed by atoms with Crippen LogP contribution in [0.3, 0.4) is 0 Å². The molecule has 3 N–H and O–H groups in total. The summed E-state index contributed by atoms with van der Waals surface area (Å²) in [6.07, 6.45) is 6.28. The van der Waals surface area contributed by atoms with Crippen LogP contribution in [0.5, 0.6) is 0 Å². The van der Waals surface area contributed by atoms with E-state index in [2.05, 4.69) is 41.6 Å². The number of unbranched alkanes of at least 4 members (excludes halogenated alkanes) is 2. The van der Waals surface area contributed by atoms with Crippen molar-refractivity contribution >= 4 is 17.6 Å². The Morgan fingerprint density at radius 2 is 1.91 bits per heavy atom. The van der Waals surface area contributed by atoms with Crippen molar-refractivity contribution < 1.29 is 9.59 Å². The van der Waals surface area contributed by atoms with Gasteiger partial charge in [-0.3, -0.25) is 10.1 Å². The molecule has 1 atom stereocenters. The smallest absolute Gasteiger partial charge is 0.321 e. The molecule has 0 spiro atoms. The Hall–Kier alpha value is -2.30. The molecule has 23 heavy (non-hydrogen) atoms. The zero-order chi connectivity index (χ0) is 17.1. The standard InChI is InChI=1S/C18H27N3O2/c1-4-6-7-8-15-9-11-16(12-10-15)20-14(3)17(22)21-18(23)19-13-5-2/h5,9-12,14,20H,2,4,6-8,13H2,1,3H3,(H2,19,21,22,23). The van der Waals surface area contributed by atoms with Crippen molar-refractivity contribution in [3.8, 4) is 0 Å². The number of aryl methyl sites for hydroxylation is 1. The van der Waals surface area contributed by atoms with Crippen molar-refractivity contribution in [2.45, 2.75) is 45.6 Å². The normalized spacial score (nSPS) is 11.4. The molecule has 0 aromatic heterocycles. The molecular formula is C18H27N3O2. The van der Waals surface area contributed by atoms with E-state index in [1.807, 2.05) is 12.1 Å². The van der Waals surface area contributed by atoms with Crippen LogP contribution in [0, 0.1) is 0 Å². The summed E-state index contributed by atoms with van der Waals surface area (Å²) >= 11 is 0. The summed E-state index contributed by atoms with van der Waals surface area (Å²) in [7, 11) is 0. The van der Waals surface area contributed by atoms with E-state index in [-0.39, 0.29) is 5.91 Å². The average Bonchev–Trinajstić information content (AvgIpc) is 2.54. The number of amides is 3. The lowest BCUT2D eigenvalue weighted by atomic mass is 10.1. The quantitative estimate of drug-likeness (QED) is 0.484. The van der Waals surface area contributed by atoms with E-state index in [4.69, 9.17) is 0 Å². The van der Waals surface area contributed by atoms with Crippen LogP contribution in [-0.4, -0.2) is 24.5 Å². The van der Waals surface area contributed by atoms with Gasteiger partial charge in [-0.15, -0.1) is 6.58 Å². The topological polar surface area (TPSA) is 70.2 Å². The summed E-state index contributed by atoms with van der Waals surface area (Å²) in [5, 5.41) is 7.86. The average molecular weight is 317 g/mol. The second-order valence-corrected chi connectivity index (χ2v) is 5.51. The maximum atomic E-state index is 11.9. The van der Waals surface area contributed by atoms with E-state index in [9.17, 15) is 9.59 Å². The maximum absolute atomic E-state index is 11.9. The van der Waals surface area contributed by atoms with Crippen molar-refractivity contribution in [1.82, 2.24) is 10.6 Å². The second-order valence-electron chi connectivity index (χ2n) is 5.51. The molecule has 0 aliphatic carbocycles. The van der Waals surface area contributed by atoms with E-state index in [1.54, 1.807) is 13.0 Å². The number of carbonyl (C=O) groups excluding carboxylic acids is 2. The SMILES string of the molecule is C=CCNC(=O)NC(=O)C(C)Nc1ccc(CCCCC)cc1. The van der Waals surface area contributed by atoms with Crippen LogP contribution < -0.4 is 16.0 Å². The molecule has 0 saturated heterocycles. The van der Waals surface area contributed by atoms with Crippen molar-refractivity contribution in [3.63, 3.8) is 0 Å². The molecule has 0 bridgehead atoms. The summed E-state index contributed by atoms with van der Waals surface area (Å²) in [5.74, 6) is -0.376. The van der Waals surface area contributed by atoms with Crippen LogP contribution in [0.2, 0.25) is 0 Å². The number of nitrogens with one attached hydrogen (secondary N) is 3. The fourth-order valence-corrected chi connectivity index (χ4v) is 2.09. The van der Waals surface area contributed by atoms with E-state index in [0.717, 1.165) is 12.1 Å². The minimum atomic E-state index is -0.519. The first-order chi connectivity index (χ1) is 11.1. The van der Waals surface area contributed by atoms with Gasteiger partial charge in [0.2, 0.25) is 5.91 Å². The third-order valence-corrected chi connectivity index (χ3v) is 3.44. The highest BCUT2D eigenvalue weighted by Gasteiger charge is 2.15. The zero-order valence-electron chi connectivity index (χ0n) is 14.0. The van der Waals surface area contributed by atoms with Gasteiger partial charge in [0.15, 0.2) is 0 Å². The molecule has 0 aliphatic heterocycles. The third kappa shape index (κ3) is 7.49. The van der Waals surface area contributed by atoms with Crippen LogP contribution in [0.25, 0.3) is 0 Å². The van der Waals surface area contributed by atoms with Gasteiger partial charge in [-0.1, -0.05) is 38.0 Å². The third-order valence-electron chi connectivity index (χ3n) is 3.44. The molecule has 1 aromatic rings. The number of carbonyl (C=O) groups is 2. The Kier molecular flexibility index (Phi) is 8.50. The Morgan fingerprint density at radius 3 is 2.52 bits per heavy atom. The highest BCUT2D eigenvalue weighted by Crippen LogP contribution is 2.13. The summed E-state index contributed by atoms with van der Waals surface area (Å²) in [6, 6.07) is 7.04. The van der Waals surface area contributed by atoms with Crippen LogP contribution in [0.4, 0.5) is 10.5 Å². The first-order valence-corrected chi connectivity index (χ1v) is 8.12. The maximum Gasteiger partial charge on any atom is 0.321 e.